The molecule has 1 heterocycles. The van der Waals surface area contributed by atoms with Crippen molar-refractivity contribution in [1.29, 1.82) is 0 Å². The van der Waals surface area contributed by atoms with Crippen molar-refractivity contribution in [2.45, 2.75) is 19.9 Å². The number of benzene rings is 1. The van der Waals surface area contributed by atoms with E-state index in [1.807, 2.05) is 6.07 Å². The zero-order valence-electron chi connectivity index (χ0n) is 11.0. The molecule has 1 fully saturated rings. The molecule has 1 unspecified atom stereocenters. The first-order valence-electron chi connectivity index (χ1n) is 6.36. The minimum Gasteiger partial charge on any atom is -0.397 e. The third-order valence-electron chi connectivity index (χ3n) is 3.62. The second-order valence-electron chi connectivity index (χ2n) is 4.87. The molecule has 1 atom stereocenters. The maximum atomic E-state index is 6.28. The summed E-state index contributed by atoms with van der Waals surface area (Å²) in [5.41, 5.74) is 13.8. The van der Waals surface area contributed by atoms with Gasteiger partial charge in [0.1, 0.15) is 0 Å². The number of hydrogen-bond donors (Lipinski definition) is 2. The van der Waals surface area contributed by atoms with Crippen LogP contribution in [0.4, 0.5) is 17.1 Å². The molecule has 0 spiro atoms. The van der Waals surface area contributed by atoms with E-state index in [4.69, 9.17) is 23.1 Å². The van der Waals surface area contributed by atoms with Crippen LogP contribution in [-0.4, -0.2) is 37.1 Å². The van der Waals surface area contributed by atoms with Gasteiger partial charge in [-0.1, -0.05) is 18.5 Å². The second-order valence-corrected chi connectivity index (χ2v) is 5.28. The molecule has 0 amide bonds. The number of likely N-dealkylation sites (N-methyl/N-ethyl adjacent to an activating group) is 1. The van der Waals surface area contributed by atoms with Crippen LogP contribution >= 0.6 is 11.6 Å². The molecule has 5 heteroatoms. The Morgan fingerprint density at radius 1 is 1.28 bits per heavy atom. The Morgan fingerprint density at radius 2 is 1.94 bits per heavy atom. The van der Waals surface area contributed by atoms with E-state index in [1.165, 1.54) is 0 Å². The van der Waals surface area contributed by atoms with Gasteiger partial charge in [-0.05, 0) is 25.6 Å². The van der Waals surface area contributed by atoms with Gasteiger partial charge in [-0.3, -0.25) is 4.90 Å². The van der Waals surface area contributed by atoms with Crippen LogP contribution in [0, 0.1) is 0 Å². The molecular weight excluding hydrogens is 248 g/mol. The van der Waals surface area contributed by atoms with Gasteiger partial charge in [-0.15, -0.1) is 0 Å². The van der Waals surface area contributed by atoms with Crippen LogP contribution in [-0.2, 0) is 0 Å². The van der Waals surface area contributed by atoms with E-state index in [9.17, 15) is 0 Å². The summed E-state index contributed by atoms with van der Waals surface area (Å²) in [6.07, 6.45) is 0. The largest absolute Gasteiger partial charge is 0.397 e. The minimum atomic E-state index is 0.430. The molecule has 0 bridgehead atoms. The van der Waals surface area contributed by atoms with E-state index in [1.54, 1.807) is 6.07 Å². The molecule has 0 saturated carbocycles. The molecule has 18 heavy (non-hydrogen) atoms. The first kappa shape index (κ1) is 13.3. The molecule has 0 aliphatic carbocycles. The number of piperazine rings is 1. The van der Waals surface area contributed by atoms with Crippen molar-refractivity contribution in [3.8, 4) is 0 Å². The van der Waals surface area contributed by atoms with Crippen molar-refractivity contribution in [2.75, 3.05) is 42.5 Å². The summed E-state index contributed by atoms with van der Waals surface area (Å²) in [7, 11) is 0. The lowest BCUT2D eigenvalue weighted by Gasteiger charge is -2.41. The molecule has 1 aromatic carbocycles. The third kappa shape index (κ3) is 2.49. The van der Waals surface area contributed by atoms with Crippen molar-refractivity contribution in [3.63, 3.8) is 0 Å². The molecule has 0 aromatic heterocycles. The zero-order chi connectivity index (χ0) is 13.3. The number of nitrogens with zero attached hydrogens (tertiary/aromatic N) is 2. The monoisotopic (exact) mass is 268 g/mol. The lowest BCUT2D eigenvalue weighted by Crippen LogP contribution is -2.51. The number of nitrogens with two attached hydrogens (primary N) is 2. The summed E-state index contributed by atoms with van der Waals surface area (Å²) in [5.74, 6) is 0. The van der Waals surface area contributed by atoms with Crippen LogP contribution in [0.1, 0.15) is 13.8 Å². The predicted octanol–water partition coefficient (Wildman–Crippen LogP) is 2.03. The number of halogens is 1. The van der Waals surface area contributed by atoms with Crippen molar-refractivity contribution in [2.24, 2.45) is 0 Å². The fraction of sp³-hybridized carbons (Fsp3) is 0.538. The highest BCUT2D eigenvalue weighted by Gasteiger charge is 2.24. The topological polar surface area (TPSA) is 58.5 Å². The Labute approximate surface area is 113 Å². The van der Waals surface area contributed by atoms with Gasteiger partial charge in [0, 0.05) is 25.7 Å². The standard InChI is InChI=1S/C13H21ClN4/c1-3-17-4-5-18(9(2)8-17)13-7-12(16)11(15)6-10(13)14/h6-7,9H,3-5,8,15-16H2,1-2H3. The highest BCUT2D eigenvalue weighted by atomic mass is 35.5. The molecule has 2 rings (SSSR count). The highest BCUT2D eigenvalue weighted by Crippen LogP contribution is 2.34. The highest BCUT2D eigenvalue weighted by molar-refractivity contribution is 6.33. The average Bonchev–Trinajstić information content (AvgIpc) is 2.34. The molecule has 100 valence electrons. The van der Waals surface area contributed by atoms with E-state index in [-0.39, 0.29) is 0 Å². The van der Waals surface area contributed by atoms with Crippen molar-refractivity contribution < 1.29 is 0 Å². The van der Waals surface area contributed by atoms with Crippen molar-refractivity contribution in [1.82, 2.24) is 4.90 Å². The lowest BCUT2D eigenvalue weighted by molar-refractivity contribution is 0.240. The van der Waals surface area contributed by atoms with Crippen LogP contribution in [0.2, 0.25) is 5.02 Å². The van der Waals surface area contributed by atoms with Crippen LogP contribution < -0.4 is 16.4 Å². The summed E-state index contributed by atoms with van der Waals surface area (Å²) >= 11 is 6.28. The Hall–Kier alpha value is -1.13. The molecule has 0 radical (unpaired) electrons. The first-order valence-corrected chi connectivity index (χ1v) is 6.74. The number of anilines is 3. The molecular formula is C13H21ClN4. The van der Waals surface area contributed by atoms with E-state index in [0.717, 1.165) is 31.9 Å². The van der Waals surface area contributed by atoms with E-state index in [0.29, 0.717) is 22.4 Å². The van der Waals surface area contributed by atoms with Gasteiger partial charge in [-0.25, -0.2) is 0 Å². The van der Waals surface area contributed by atoms with E-state index < -0.39 is 0 Å². The SMILES string of the molecule is CCN1CCN(c2cc(N)c(N)cc2Cl)C(C)C1. The van der Waals surface area contributed by atoms with Crippen LogP contribution in [0.15, 0.2) is 12.1 Å². The second kappa shape index (κ2) is 5.24. The van der Waals surface area contributed by atoms with Gasteiger partial charge >= 0.3 is 0 Å². The van der Waals surface area contributed by atoms with Crippen molar-refractivity contribution in [3.05, 3.63) is 17.2 Å². The van der Waals surface area contributed by atoms with Gasteiger partial charge in [0.2, 0.25) is 0 Å². The Bertz CT molecular complexity index is 435. The third-order valence-corrected chi connectivity index (χ3v) is 3.92. The average molecular weight is 269 g/mol. The quantitative estimate of drug-likeness (QED) is 0.806. The van der Waals surface area contributed by atoms with Crippen LogP contribution in [0.25, 0.3) is 0 Å². The predicted molar refractivity (Wildman–Crippen MR) is 79.2 cm³/mol. The number of nitrogen functional groups attached to an aromatic ring is 2. The summed E-state index contributed by atoms with van der Waals surface area (Å²) in [6, 6.07) is 4.06. The first-order chi connectivity index (χ1) is 8.52. The molecule has 1 aliphatic rings. The molecule has 4 N–H and O–H groups in total. The van der Waals surface area contributed by atoms with E-state index in [2.05, 4.69) is 23.6 Å². The summed E-state index contributed by atoms with van der Waals surface area (Å²) in [5, 5.41) is 0.679. The summed E-state index contributed by atoms with van der Waals surface area (Å²) in [4.78, 5) is 4.75. The zero-order valence-corrected chi connectivity index (χ0v) is 11.7. The normalized spacial score (nSPS) is 21.3. The Balaban J connectivity index is 2.24. The smallest absolute Gasteiger partial charge is 0.0661 e. The summed E-state index contributed by atoms with van der Waals surface area (Å²) in [6.45, 7) is 8.58. The fourth-order valence-electron chi connectivity index (χ4n) is 2.49. The maximum absolute atomic E-state index is 6.28. The van der Waals surface area contributed by atoms with Gasteiger partial charge < -0.3 is 16.4 Å². The lowest BCUT2D eigenvalue weighted by atomic mass is 10.1. The Kier molecular flexibility index (Phi) is 3.88. The van der Waals surface area contributed by atoms with Crippen LogP contribution in [0.5, 0.6) is 0 Å². The minimum absolute atomic E-state index is 0.430. The van der Waals surface area contributed by atoms with Crippen molar-refractivity contribution >= 4 is 28.7 Å². The molecule has 1 saturated heterocycles. The van der Waals surface area contributed by atoms with E-state index >= 15 is 0 Å². The fourth-order valence-corrected chi connectivity index (χ4v) is 2.77. The molecule has 1 aliphatic heterocycles. The molecule has 1 aromatic rings. The van der Waals surface area contributed by atoms with Gasteiger partial charge in [0.05, 0.1) is 22.1 Å². The number of rotatable bonds is 2. The maximum Gasteiger partial charge on any atom is 0.0661 e. The van der Waals surface area contributed by atoms with Crippen LogP contribution in [0.3, 0.4) is 0 Å². The Morgan fingerprint density at radius 3 is 2.56 bits per heavy atom. The molecule has 4 nitrogen and oxygen atoms in total. The summed E-state index contributed by atoms with van der Waals surface area (Å²) < 4.78 is 0. The van der Waals surface area contributed by atoms with Gasteiger partial charge in [-0.2, -0.15) is 0 Å². The van der Waals surface area contributed by atoms with Gasteiger partial charge in [0.25, 0.3) is 0 Å². The van der Waals surface area contributed by atoms with Gasteiger partial charge in [0.15, 0.2) is 0 Å². The number of hydrogen-bond acceptors (Lipinski definition) is 4.